The molecule has 1 N–H and O–H groups in total. The van der Waals surface area contributed by atoms with E-state index in [0.717, 1.165) is 37.9 Å². The fourth-order valence-corrected chi connectivity index (χ4v) is 4.53. The highest BCUT2D eigenvalue weighted by atomic mass is 16.5. The van der Waals surface area contributed by atoms with Crippen LogP contribution in [0.2, 0.25) is 0 Å². The van der Waals surface area contributed by atoms with Gasteiger partial charge in [-0.25, -0.2) is 0 Å². The summed E-state index contributed by atoms with van der Waals surface area (Å²) in [7, 11) is 0. The molecule has 4 heteroatoms. The fourth-order valence-electron chi connectivity index (χ4n) is 4.53. The van der Waals surface area contributed by atoms with Gasteiger partial charge in [-0.3, -0.25) is 4.90 Å². The van der Waals surface area contributed by atoms with Gasteiger partial charge in [0.2, 0.25) is 0 Å². The van der Waals surface area contributed by atoms with Crippen LogP contribution in [0.5, 0.6) is 11.5 Å². The quantitative estimate of drug-likeness (QED) is 0.134. The van der Waals surface area contributed by atoms with E-state index in [1.54, 1.807) is 12.1 Å². The third-order valence-electron chi connectivity index (χ3n) is 6.46. The molecule has 1 atom stereocenters. The van der Waals surface area contributed by atoms with Gasteiger partial charge in [-0.2, -0.15) is 0 Å². The van der Waals surface area contributed by atoms with Crippen molar-refractivity contribution in [1.29, 1.82) is 0 Å². The van der Waals surface area contributed by atoms with Crippen molar-refractivity contribution < 1.29 is 14.6 Å². The van der Waals surface area contributed by atoms with Crippen LogP contribution in [0.3, 0.4) is 0 Å². The Labute approximate surface area is 227 Å². The largest absolute Gasteiger partial charge is 0.504 e. The summed E-state index contributed by atoms with van der Waals surface area (Å²) < 4.78 is 5.90. The molecule has 0 aliphatic heterocycles. The lowest BCUT2D eigenvalue weighted by molar-refractivity contribution is -0.107. The monoisotopic (exact) mass is 509 g/mol. The van der Waals surface area contributed by atoms with Gasteiger partial charge >= 0.3 is 0 Å². The summed E-state index contributed by atoms with van der Waals surface area (Å²) in [5.41, 5.74) is 5.78. The number of rotatable bonds is 15. The lowest BCUT2D eigenvalue weighted by Gasteiger charge is -2.29. The lowest BCUT2D eigenvalue weighted by Crippen LogP contribution is -2.31. The molecule has 0 aliphatic carbocycles. The van der Waals surface area contributed by atoms with Crippen molar-refractivity contribution in [2.45, 2.75) is 39.2 Å². The summed E-state index contributed by atoms with van der Waals surface area (Å²) in [6.07, 6.45) is 10.1. The van der Waals surface area contributed by atoms with Gasteiger partial charge in [0, 0.05) is 32.0 Å². The van der Waals surface area contributed by atoms with Gasteiger partial charge in [-0.1, -0.05) is 97.1 Å². The number of aryl methyl sites for hydroxylation is 1. The Balaban J connectivity index is 1.76. The molecule has 0 aromatic heterocycles. The molecule has 0 heterocycles. The van der Waals surface area contributed by atoms with Crippen molar-refractivity contribution >= 4 is 6.29 Å². The van der Waals surface area contributed by atoms with Crippen LogP contribution in [0.4, 0.5) is 0 Å². The van der Waals surface area contributed by atoms with Gasteiger partial charge in [0.25, 0.3) is 0 Å². The summed E-state index contributed by atoms with van der Waals surface area (Å²) >= 11 is 0. The Morgan fingerprint density at radius 3 is 2.45 bits per heavy atom. The highest BCUT2D eigenvalue weighted by Gasteiger charge is 2.19. The van der Waals surface area contributed by atoms with E-state index in [1.807, 2.05) is 19.1 Å². The zero-order chi connectivity index (χ0) is 27.2. The number of carbonyl (C=O) groups is 1. The Bertz CT molecular complexity index is 1210. The van der Waals surface area contributed by atoms with Crippen molar-refractivity contribution in [3.05, 3.63) is 132 Å². The van der Waals surface area contributed by atoms with Gasteiger partial charge in [0.05, 0.1) is 6.61 Å². The van der Waals surface area contributed by atoms with Gasteiger partial charge in [-0.15, -0.1) is 0 Å². The van der Waals surface area contributed by atoms with Crippen LogP contribution < -0.4 is 4.74 Å². The molecule has 3 aromatic rings. The second-order valence-corrected chi connectivity index (χ2v) is 9.46. The minimum absolute atomic E-state index is 0.0653. The maximum atomic E-state index is 10.7. The molecule has 0 aliphatic rings. The molecular formula is C34H39NO3. The lowest BCUT2D eigenvalue weighted by atomic mass is 9.89. The second kappa shape index (κ2) is 15.4. The Kier molecular flexibility index (Phi) is 11.6. The molecule has 3 rings (SSSR count). The van der Waals surface area contributed by atoms with E-state index >= 15 is 0 Å². The average molecular weight is 510 g/mol. The van der Waals surface area contributed by atoms with Crippen molar-refractivity contribution in [1.82, 2.24) is 4.90 Å². The summed E-state index contributed by atoms with van der Waals surface area (Å²) in [6, 6.07) is 24.5. The molecule has 198 valence electrons. The van der Waals surface area contributed by atoms with Crippen LogP contribution in [0.25, 0.3) is 0 Å². The number of benzene rings is 3. The van der Waals surface area contributed by atoms with Crippen LogP contribution in [0.1, 0.15) is 41.5 Å². The van der Waals surface area contributed by atoms with Crippen LogP contribution >= 0.6 is 0 Å². The third kappa shape index (κ3) is 8.89. The van der Waals surface area contributed by atoms with E-state index in [9.17, 15) is 9.90 Å². The highest BCUT2D eigenvalue weighted by Crippen LogP contribution is 2.29. The molecule has 0 bridgehead atoms. The number of phenols is 1. The van der Waals surface area contributed by atoms with Crippen molar-refractivity contribution in [3.8, 4) is 11.5 Å². The summed E-state index contributed by atoms with van der Waals surface area (Å²) in [5.74, 6) is 0.693. The van der Waals surface area contributed by atoms with Gasteiger partial charge in [-0.05, 0) is 54.7 Å². The number of ether oxygens (including phenoxy) is 1. The average Bonchev–Trinajstić information content (AvgIpc) is 2.92. The number of aldehydes is 1. The van der Waals surface area contributed by atoms with Crippen molar-refractivity contribution in [2.75, 3.05) is 19.7 Å². The van der Waals surface area contributed by atoms with Crippen LogP contribution in [0, 0.1) is 6.92 Å². The first kappa shape index (κ1) is 28.7. The summed E-state index contributed by atoms with van der Waals surface area (Å²) in [6.45, 7) is 11.1. The third-order valence-corrected chi connectivity index (χ3v) is 6.46. The molecule has 0 amide bonds. The first-order valence-corrected chi connectivity index (χ1v) is 13.2. The highest BCUT2D eigenvalue weighted by molar-refractivity contribution is 5.56. The van der Waals surface area contributed by atoms with E-state index in [2.05, 4.69) is 91.2 Å². The molecule has 38 heavy (non-hydrogen) atoms. The van der Waals surface area contributed by atoms with Crippen molar-refractivity contribution in [2.24, 2.45) is 0 Å². The molecule has 0 saturated carbocycles. The number of hydrogen-bond acceptors (Lipinski definition) is 4. The number of hydrogen-bond donors (Lipinski definition) is 1. The van der Waals surface area contributed by atoms with Gasteiger partial charge in [0.15, 0.2) is 11.5 Å². The molecule has 0 radical (unpaired) electrons. The topological polar surface area (TPSA) is 49.8 Å². The van der Waals surface area contributed by atoms with E-state index in [-0.39, 0.29) is 18.1 Å². The number of carbonyl (C=O) groups excluding carboxylic acids is 1. The maximum absolute atomic E-state index is 10.7. The number of aromatic hydroxyl groups is 1. The van der Waals surface area contributed by atoms with Crippen molar-refractivity contribution in [3.63, 3.8) is 0 Å². The molecule has 4 nitrogen and oxygen atoms in total. The van der Waals surface area contributed by atoms with Crippen LogP contribution in [0.15, 0.2) is 109 Å². The Morgan fingerprint density at radius 2 is 1.79 bits per heavy atom. The normalized spacial score (nSPS) is 12.6. The molecule has 3 aromatic carbocycles. The molecule has 0 fully saturated rings. The Morgan fingerprint density at radius 1 is 1.05 bits per heavy atom. The molecule has 0 saturated heterocycles. The predicted octanol–water partition coefficient (Wildman–Crippen LogP) is 7.19. The Hall–Kier alpha value is -3.89. The summed E-state index contributed by atoms with van der Waals surface area (Å²) in [4.78, 5) is 13.2. The zero-order valence-corrected chi connectivity index (χ0v) is 22.6. The van der Waals surface area contributed by atoms with Crippen LogP contribution in [-0.2, 0) is 17.8 Å². The minimum Gasteiger partial charge on any atom is -0.504 e. The number of nitrogens with zero attached hydrogens (tertiary/aromatic N) is 1. The predicted molar refractivity (Wildman–Crippen MR) is 157 cm³/mol. The number of phenolic OH excluding ortho intramolecular Hbond substituents is 1. The zero-order valence-electron chi connectivity index (χ0n) is 22.6. The fraction of sp³-hybridized carbons (Fsp3) is 0.265. The molecule has 0 spiro atoms. The standard InChI is InChI=1S/C34H39NO3/c1-4-10-30(11-5-2)32(31-12-7-6-8-13-31)26-35(25-29-16-14-27(3)15-17-29)21-9-23-38-34-19-18-28(20-22-36)24-33(34)37/h4-8,10-19,22,24,32,37H,1,9,20-21,23,25-26H2,2-3H3/b11-5-,30-10+. The number of allylic oxidation sites excluding steroid dienone is 4. The van der Waals surface area contributed by atoms with E-state index < -0.39 is 0 Å². The summed E-state index contributed by atoms with van der Waals surface area (Å²) in [5, 5.41) is 10.3. The minimum atomic E-state index is 0.0653. The van der Waals surface area contributed by atoms with E-state index in [1.165, 1.54) is 22.3 Å². The first-order chi connectivity index (χ1) is 18.5. The second-order valence-electron chi connectivity index (χ2n) is 9.46. The van der Waals surface area contributed by atoms with Crippen LogP contribution in [-0.4, -0.2) is 36.0 Å². The van der Waals surface area contributed by atoms with Gasteiger partial charge < -0.3 is 14.6 Å². The first-order valence-electron chi connectivity index (χ1n) is 13.2. The van der Waals surface area contributed by atoms with E-state index in [0.29, 0.717) is 12.4 Å². The molecule has 1 unspecified atom stereocenters. The van der Waals surface area contributed by atoms with Gasteiger partial charge in [0.1, 0.15) is 6.29 Å². The smallest absolute Gasteiger partial charge is 0.160 e. The molecular weight excluding hydrogens is 470 g/mol. The SMILES string of the molecule is C=C/C=C(\C=C/C)C(CN(CCCOc1ccc(CC=O)cc1O)Cc1ccc(C)cc1)c1ccccc1. The van der Waals surface area contributed by atoms with E-state index in [4.69, 9.17) is 4.74 Å². The maximum Gasteiger partial charge on any atom is 0.160 e.